The molecule has 90 valence electrons. The van der Waals surface area contributed by atoms with Gasteiger partial charge in [0.05, 0.1) is 5.60 Å². The van der Waals surface area contributed by atoms with Crippen LogP contribution in [0, 0.1) is 11.8 Å². The minimum absolute atomic E-state index is 0.431. The highest BCUT2D eigenvalue weighted by Gasteiger charge is 2.29. The van der Waals surface area contributed by atoms with Crippen molar-refractivity contribution in [1.82, 2.24) is 5.32 Å². The van der Waals surface area contributed by atoms with Crippen molar-refractivity contribution in [3.05, 3.63) is 0 Å². The molecule has 2 unspecified atom stereocenters. The maximum atomic E-state index is 10.4. The van der Waals surface area contributed by atoms with Crippen LogP contribution in [0.4, 0.5) is 0 Å². The first kappa shape index (κ1) is 13.0. The normalized spacial score (nSPS) is 33.0. The summed E-state index contributed by atoms with van der Waals surface area (Å²) < 4.78 is 0. The van der Waals surface area contributed by atoms with Gasteiger partial charge in [-0.3, -0.25) is 0 Å². The lowest BCUT2D eigenvalue weighted by atomic mass is 9.93. The number of rotatable bonds is 4. The van der Waals surface area contributed by atoms with Crippen LogP contribution in [0.5, 0.6) is 0 Å². The molecule has 1 aliphatic carbocycles. The predicted octanol–water partition coefficient (Wildman–Crippen LogP) is 2.56. The van der Waals surface area contributed by atoms with E-state index in [0.29, 0.717) is 5.92 Å². The molecule has 0 amide bonds. The van der Waals surface area contributed by atoms with Crippen molar-refractivity contribution >= 4 is 0 Å². The number of aliphatic hydroxyl groups is 1. The third-order valence-corrected chi connectivity index (χ3v) is 3.45. The average molecular weight is 213 g/mol. The van der Waals surface area contributed by atoms with Crippen LogP contribution >= 0.6 is 0 Å². The molecule has 2 atom stereocenters. The highest BCUT2D eigenvalue weighted by Crippen LogP contribution is 2.29. The van der Waals surface area contributed by atoms with Gasteiger partial charge in [0.2, 0.25) is 0 Å². The van der Waals surface area contributed by atoms with E-state index in [4.69, 9.17) is 0 Å². The van der Waals surface area contributed by atoms with Crippen LogP contribution in [0.15, 0.2) is 0 Å². The van der Waals surface area contributed by atoms with Crippen LogP contribution in [0.1, 0.15) is 52.9 Å². The molecule has 1 aliphatic rings. The van der Waals surface area contributed by atoms with Gasteiger partial charge in [-0.15, -0.1) is 0 Å². The Labute approximate surface area is 94.5 Å². The molecule has 2 N–H and O–H groups in total. The lowest BCUT2D eigenvalue weighted by molar-refractivity contribution is 0.0240. The molecule has 1 fully saturated rings. The molecule has 2 nitrogen and oxygen atoms in total. The van der Waals surface area contributed by atoms with Crippen LogP contribution in [0.3, 0.4) is 0 Å². The third kappa shape index (κ3) is 4.98. The Bertz CT molecular complexity index is 181. The summed E-state index contributed by atoms with van der Waals surface area (Å²) in [6.07, 6.45) is 5.59. The molecular formula is C13H27NO. The zero-order chi connectivity index (χ0) is 11.3. The van der Waals surface area contributed by atoms with E-state index >= 15 is 0 Å². The fraction of sp³-hybridized carbons (Fsp3) is 1.00. The summed E-state index contributed by atoms with van der Waals surface area (Å²) in [7, 11) is 0. The van der Waals surface area contributed by atoms with Gasteiger partial charge in [-0.1, -0.05) is 33.6 Å². The summed E-state index contributed by atoms with van der Waals surface area (Å²) >= 11 is 0. The van der Waals surface area contributed by atoms with Gasteiger partial charge in [0, 0.05) is 6.54 Å². The van der Waals surface area contributed by atoms with E-state index < -0.39 is 5.60 Å². The third-order valence-electron chi connectivity index (χ3n) is 3.45. The Balaban J connectivity index is 2.30. The van der Waals surface area contributed by atoms with Gasteiger partial charge < -0.3 is 10.4 Å². The number of hydrogen-bond donors (Lipinski definition) is 2. The number of hydrogen-bond acceptors (Lipinski definition) is 2. The van der Waals surface area contributed by atoms with Gasteiger partial charge in [-0.2, -0.15) is 0 Å². The monoisotopic (exact) mass is 213 g/mol. The van der Waals surface area contributed by atoms with Crippen LogP contribution in [0.25, 0.3) is 0 Å². The first-order chi connectivity index (χ1) is 7.02. The quantitative estimate of drug-likeness (QED) is 0.703. The summed E-state index contributed by atoms with van der Waals surface area (Å²) in [5, 5.41) is 13.8. The van der Waals surface area contributed by atoms with Crippen LogP contribution < -0.4 is 5.32 Å². The molecular weight excluding hydrogens is 186 g/mol. The molecule has 1 rings (SSSR count). The van der Waals surface area contributed by atoms with E-state index in [-0.39, 0.29) is 0 Å². The van der Waals surface area contributed by atoms with Crippen LogP contribution in [-0.4, -0.2) is 23.8 Å². The second-order valence-electron chi connectivity index (χ2n) is 5.79. The highest BCUT2D eigenvalue weighted by molar-refractivity contribution is 4.84. The lowest BCUT2D eigenvalue weighted by Gasteiger charge is -2.27. The minimum Gasteiger partial charge on any atom is -0.389 e. The Morgan fingerprint density at radius 3 is 2.73 bits per heavy atom. The molecule has 0 spiro atoms. The number of nitrogens with one attached hydrogen (secondary N) is 1. The van der Waals surface area contributed by atoms with E-state index in [0.717, 1.165) is 31.8 Å². The van der Waals surface area contributed by atoms with Crippen LogP contribution in [0.2, 0.25) is 0 Å². The van der Waals surface area contributed by atoms with Crippen molar-refractivity contribution in [1.29, 1.82) is 0 Å². The molecule has 2 heteroatoms. The summed E-state index contributed by atoms with van der Waals surface area (Å²) in [4.78, 5) is 0. The molecule has 0 heterocycles. The fourth-order valence-electron chi connectivity index (χ4n) is 2.33. The molecule has 0 aromatic carbocycles. The molecule has 15 heavy (non-hydrogen) atoms. The second-order valence-corrected chi connectivity index (χ2v) is 5.79. The molecule has 0 saturated heterocycles. The Morgan fingerprint density at radius 1 is 1.33 bits per heavy atom. The van der Waals surface area contributed by atoms with Gasteiger partial charge in [-0.05, 0) is 37.6 Å². The van der Waals surface area contributed by atoms with Gasteiger partial charge >= 0.3 is 0 Å². The standard InChI is InChI=1S/C13H27NO/c1-11(2)9-14-10-13(15)7-4-5-12(3)6-8-13/h11-12,14-15H,4-10H2,1-3H3. The van der Waals surface area contributed by atoms with E-state index in [2.05, 4.69) is 26.1 Å². The van der Waals surface area contributed by atoms with Crippen LogP contribution in [-0.2, 0) is 0 Å². The first-order valence-corrected chi connectivity index (χ1v) is 6.45. The zero-order valence-electron chi connectivity index (χ0n) is 10.6. The van der Waals surface area contributed by atoms with E-state index in [9.17, 15) is 5.11 Å². The summed E-state index contributed by atoms with van der Waals surface area (Å²) in [5.41, 5.74) is -0.431. The Morgan fingerprint density at radius 2 is 2.07 bits per heavy atom. The van der Waals surface area contributed by atoms with Crippen molar-refractivity contribution in [3.8, 4) is 0 Å². The molecule has 0 aromatic heterocycles. The van der Waals surface area contributed by atoms with E-state index in [1.165, 1.54) is 19.3 Å². The minimum atomic E-state index is -0.431. The lowest BCUT2D eigenvalue weighted by Crippen LogP contribution is -2.41. The average Bonchev–Trinajstić information content (AvgIpc) is 2.29. The van der Waals surface area contributed by atoms with E-state index in [1.54, 1.807) is 0 Å². The van der Waals surface area contributed by atoms with Gasteiger partial charge in [0.25, 0.3) is 0 Å². The molecule has 0 aromatic rings. The highest BCUT2D eigenvalue weighted by atomic mass is 16.3. The van der Waals surface area contributed by atoms with Crippen molar-refractivity contribution in [2.75, 3.05) is 13.1 Å². The second kappa shape index (κ2) is 5.86. The fourth-order valence-corrected chi connectivity index (χ4v) is 2.33. The maximum absolute atomic E-state index is 10.4. The summed E-state index contributed by atoms with van der Waals surface area (Å²) in [6.45, 7) is 8.49. The molecule has 0 bridgehead atoms. The van der Waals surface area contributed by atoms with Gasteiger partial charge in [0.1, 0.15) is 0 Å². The molecule has 1 saturated carbocycles. The topological polar surface area (TPSA) is 32.3 Å². The van der Waals surface area contributed by atoms with Crippen molar-refractivity contribution in [2.45, 2.75) is 58.5 Å². The largest absolute Gasteiger partial charge is 0.389 e. The smallest absolute Gasteiger partial charge is 0.0771 e. The van der Waals surface area contributed by atoms with Gasteiger partial charge in [0.15, 0.2) is 0 Å². The zero-order valence-corrected chi connectivity index (χ0v) is 10.6. The molecule has 0 radical (unpaired) electrons. The molecule has 0 aliphatic heterocycles. The summed E-state index contributed by atoms with van der Waals surface area (Å²) in [5.74, 6) is 1.46. The van der Waals surface area contributed by atoms with E-state index in [1.807, 2.05) is 0 Å². The SMILES string of the molecule is CC(C)CNCC1(O)CCCC(C)CC1. The first-order valence-electron chi connectivity index (χ1n) is 6.45. The van der Waals surface area contributed by atoms with Crippen molar-refractivity contribution in [2.24, 2.45) is 11.8 Å². The predicted molar refractivity (Wildman–Crippen MR) is 64.9 cm³/mol. The van der Waals surface area contributed by atoms with Crippen molar-refractivity contribution < 1.29 is 5.11 Å². The Kier molecular flexibility index (Phi) is 5.07. The maximum Gasteiger partial charge on any atom is 0.0771 e. The van der Waals surface area contributed by atoms with Gasteiger partial charge in [-0.25, -0.2) is 0 Å². The Hall–Kier alpha value is -0.0800. The van der Waals surface area contributed by atoms with Crippen molar-refractivity contribution in [3.63, 3.8) is 0 Å². The summed E-state index contributed by atoms with van der Waals surface area (Å²) in [6, 6.07) is 0.